The number of halogens is 2. The maximum atomic E-state index is 13.9. The summed E-state index contributed by atoms with van der Waals surface area (Å²) >= 11 is 6.41. The predicted molar refractivity (Wildman–Crippen MR) is 121 cm³/mol. The van der Waals surface area contributed by atoms with E-state index in [4.69, 9.17) is 25.8 Å². The van der Waals surface area contributed by atoms with Crippen molar-refractivity contribution in [2.24, 2.45) is 4.99 Å². The molecule has 0 amide bonds. The van der Waals surface area contributed by atoms with Crippen LogP contribution < -0.4 is 9.47 Å². The van der Waals surface area contributed by atoms with Crippen molar-refractivity contribution in [2.45, 2.75) is 13.5 Å². The van der Waals surface area contributed by atoms with Gasteiger partial charge in [0.15, 0.2) is 17.2 Å². The number of methoxy groups -OCH3 is 1. The Kier molecular flexibility index (Phi) is 6.23. The summed E-state index contributed by atoms with van der Waals surface area (Å²) in [4.78, 5) is 16.7. The number of carbonyl (C=O) groups is 1. The fourth-order valence-electron chi connectivity index (χ4n) is 3.22. The first-order valence-corrected chi connectivity index (χ1v) is 10.2. The van der Waals surface area contributed by atoms with Gasteiger partial charge in [-0.1, -0.05) is 48.0 Å². The molecule has 0 radical (unpaired) electrons. The molecule has 3 aromatic rings. The molecule has 3 aromatic carbocycles. The average Bonchev–Trinajstić information content (AvgIpc) is 3.14. The Balaban J connectivity index is 1.61. The smallest absolute Gasteiger partial charge is 0.363 e. The van der Waals surface area contributed by atoms with E-state index in [1.54, 1.807) is 36.4 Å². The standard InChI is InChI=1S/C25H19ClFNO4/c1-15-7-3-5-9-18(15)24-28-21(25(29)32-24)12-16-11-19(26)23(22(13-16)30-2)31-14-17-8-4-6-10-20(17)27/h3-13H,14H2,1-2H3/b21-12-. The zero-order chi connectivity index (χ0) is 22.7. The topological polar surface area (TPSA) is 57.1 Å². The number of cyclic esters (lactones) is 1. The van der Waals surface area contributed by atoms with Crippen LogP contribution in [0.1, 0.15) is 22.3 Å². The van der Waals surface area contributed by atoms with E-state index in [-0.39, 0.29) is 34.8 Å². The molecule has 0 unspecified atom stereocenters. The predicted octanol–water partition coefficient (Wildman–Crippen LogP) is 5.72. The molecule has 1 heterocycles. The Hall–Kier alpha value is -3.64. The van der Waals surface area contributed by atoms with Gasteiger partial charge in [-0.15, -0.1) is 0 Å². The van der Waals surface area contributed by atoms with Gasteiger partial charge in [0.2, 0.25) is 5.90 Å². The number of aliphatic imine (C=N–C) groups is 1. The minimum absolute atomic E-state index is 0.0143. The van der Waals surface area contributed by atoms with Gasteiger partial charge in [-0.05, 0) is 48.4 Å². The van der Waals surface area contributed by atoms with Crippen LogP contribution in [0.5, 0.6) is 11.5 Å². The van der Waals surface area contributed by atoms with Gasteiger partial charge in [-0.25, -0.2) is 14.2 Å². The van der Waals surface area contributed by atoms with Crippen molar-refractivity contribution in [3.8, 4) is 11.5 Å². The van der Waals surface area contributed by atoms with Gasteiger partial charge in [0.1, 0.15) is 12.4 Å². The van der Waals surface area contributed by atoms with Crippen LogP contribution in [0.2, 0.25) is 5.02 Å². The third kappa shape index (κ3) is 4.50. The molecule has 0 spiro atoms. The van der Waals surface area contributed by atoms with Gasteiger partial charge >= 0.3 is 5.97 Å². The van der Waals surface area contributed by atoms with Gasteiger partial charge in [0.05, 0.1) is 12.1 Å². The molecule has 0 fully saturated rings. The lowest BCUT2D eigenvalue weighted by Gasteiger charge is -2.13. The average molecular weight is 452 g/mol. The van der Waals surface area contributed by atoms with Gasteiger partial charge in [0.25, 0.3) is 0 Å². The van der Waals surface area contributed by atoms with E-state index in [0.29, 0.717) is 16.9 Å². The number of benzene rings is 3. The van der Waals surface area contributed by atoms with E-state index in [0.717, 1.165) is 11.1 Å². The molecule has 0 aliphatic carbocycles. The molecule has 0 saturated heterocycles. The number of ether oxygens (including phenoxy) is 3. The molecule has 4 rings (SSSR count). The van der Waals surface area contributed by atoms with Crippen LogP contribution >= 0.6 is 11.6 Å². The quantitative estimate of drug-likeness (QED) is 0.355. The second-order valence-electron chi connectivity index (χ2n) is 7.07. The molecule has 32 heavy (non-hydrogen) atoms. The molecule has 1 aliphatic rings. The molecule has 0 saturated carbocycles. The van der Waals surface area contributed by atoms with Crippen molar-refractivity contribution in [1.82, 2.24) is 0 Å². The summed E-state index contributed by atoms with van der Waals surface area (Å²) in [6.45, 7) is 1.90. The molecule has 0 bridgehead atoms. The molecule has 0 aromatic heterocycles. The summed E-state index contributed by atoms with van der Waals surface area (Å²) in [6.07, 6.45) is 1.56. The lowest BCUT2D eigenvalue weighted by molar-refractivity contribution is -0.129. The largest absolute Gasteiger partial charge is 0.493 e. The Morgan fingerprint density at radius 3 is 2.62 bits per heavy atom. The lowest BCUT2D eigenvalue weighted by Crippen LogP contribution is -2.06. The second kappa shape index (κ2) is 9.24. The zero-order valence-corrected chi connectivity index (χ0v) is 18.2. The van der Waals surface area contributed by atoms with Gasteiger partial charge in [-0.2, -0.15) is 0 Å². The SMILES string of the molecule is COc1cc(/C=C2\N=C(c3ccccc3C)OC2=O)cc(Cl)c1OCc1ccccc1F. The van der Waals surface area contributed by atoms with E-state index in [1.807, 2.05) is 31.2 Å². The number of rotatable bonds is 6. The highest BCUT2D eigenvalue weighted by Crippen LogP contribution is 2.38. The number of aryl methyl sites for hydroxylation is 1. The van der Waals surface area contributed by atoms with Crippen LogP contribution in [0.15, 0.2) is 71.4 Å². The fourth-order valence-corrected chi connectivity index (χ4v) is 3.50. The molecule has 1 aliphatic heterocycles. The van der Waals surface area contributed by atoms with E-state index >= 15 is 0 Å². The summed E-state index contributed by atoms with van der Waals surface area (Å²) < 4.78 is 30.3. The van der Waals surface area contributed by atoms with Crippen molar-refractivity contribution in [3.05, 3.63) is 99.5 Å². The molecule has 0 N–H and O–H groups in total. The fraction of sp³-hybridized carbons (Fsp3) is 0.120. The number of hydrogen-bond acceptors (Lipinski definition) is 5. The number of hydrogen-bond donors (Lipinski definition) is 0. The maximum Gasteiger partial charge on any atom is 0.363 e. The molecule has 5 nitrogen and oxygen atoms in total. The first-order chi connectivity index (χ1) is 15.5. The van der Waals surface area contributed by atoms with Crippen molar-refractivity contribution in [3.63, 3.8) is 0 Å². The van der Waals surface area contributed by atoms with Crippen LogP contribution in [0, 0.1) is 12.7 Å². The van der Waals surface area contributed by atoms with E-state index in [2.05, 4.69) is 4.99 Å². The minimum Gasteiger partial charge on any atom is -0.493 e. The monoisotopic (exact) mass is 451 g/mol. The highest BCUT2D eigenvalue weighted by atomic mass is 35.5. The van der Waals surface area contributed by atoms with Crippen LogP contribution in [0.3, 0.4) is 0 Å². The summed E-state index contributed by atoms with van der Waals surface area (Å²) in [5.41, 5.74) is 2.80. The number of nitrogens with zero attached hydrogens (tertiary/aromatic N) is 1. The van der Waals surface area contributed by atoms with Crippen LogP contribution in [-0.2, 0) is 16.1 Å². The Bertz CT molecular complexity index is 1250. The zero-order valence-electron chi connectivity index (χ0n) is 17.4. The Morgan fingerprint density at radius 2 is 1.88 bits per heavy atom. The normalized spacial score (nSPS) is 14.3. The maximum absolute atomic E-state index is 13.9. The summed E-state index contributed by atoms with van der Waals surface area (Å²) in [5, 5.41) is 0.252. The molecule has 7 heteroatoms. The molecular weight excluding hydrogens is 433 g/mol. The first-order valence-electron chi connectivity index (χ1n) is 9.78. The van der Waals surface area contributed by atoms with E-state index < -0.39 is 5.97 Å². The van der Waals surface area contributed by atoms with Crippen molar-refractivity contribution in [2.75, 3.05) is 7.11 Å². The van der Waals surface area contributed by atoms with Crippen LogP contribution in [-0.4, -0.2) is 19.0 Å². The second-order valence-corrected chi connectivity index (χ2v) is 7.47. The molecule has 0 atom stereocenters. The minimum atomic E-state index is -0.557. The summed E-state index contributed by atoms with van der Waals surface area (Å²) in [5.74, 6) is -0.0562. The Morgan fingerprint density at radius 1 is 1.12 bits per heavy atom. The molecule has 162 valence electrons. The van der Waals surface area contributed by atoms with E-state index in [9.17, 15) is 9.18 Å². The summed E-state index contributed by atoms with van der Waals surface area (Å²) in [6, 6.07) is 17.1. The van der Waals surface area contributed by atoms with Crippen molar-refractivity contribution < 1.29 is 23.4 Å². The highest BCUT2D eigenvalue weighted by Gasteiger charge is 2.25. The van der Waals surface area contributed by atoms with Gasteiger partial charge in [-0.3, -0.25) is 0 Å². The number of carbonyl (C=O) groups excluding carboxylic acids is 1. The van der Waals surface area contributed by atoms with Crippen molar-refractivity contribution >= 4 is 29.5 Å². The van der Waals surface area contributed by atoms with Gasteiger partial charge in [0, 0.05) is 11.1 Å². The Labute approximate surface area is 189 Å². The van der Waals surface area contributed by atoms with Gasteiger partial charge < -0.3 is 14.2 Å². The van der Waals surface area contributed by atoms with Crippen LogP contribution in [0.25, 0.3) is 6.08 Å². The third-order valence-electron chi connectivity index (χ3n) is 4.88. The highest BCUT2D eigenvalue weighted by molar-refractivity contribution is 6.32. The first kappa shape index (κ1) is 21.6. The third-order valence-corrected chi connectivity index (χ3v) is 5.16. The van der Waals surface area contributed by atoms with Crippen molar-refractivity contribution in [1.29, 1.82) is 0 Å². The molecular formula is C25H19ClFNO4. The summed E-state index contributed by atoms with van der Waals surface area (Å²) in [7, 11) is 1.47. The van der Waals surface area contributed by atoms with E-state index in [1.165, 1.54) is 13.2 Å². The number of esters is 1. The lowest BCUT2D eigenvalue weighted by atomic mass is 10.1. The van der Waals surface area contributed by atoms with Crippen LogP contribution in [0.4, 0.5) is 4.39 Å².